The van der Waals surface area contributed by atoms with Crippen molar-refractivity contribution in [2.24, 2.45) is 5.16 Å². The minimum atomic E-state index is 0.571. The minimum absolute atomic E-state index is 0.571. The maximum absolute atomic E-state index is 8.93. The fourth-order valence-corrected chi connectivity index (χ4v) is 2.45. The van der Waals surface area contributed by atoms with Crippen LogP contribution in [0.4, 0.5) is 0 Å². The van der Waals surface area contributed by atoms with Crippen LogP contribution in [0.25, 0.3) is 5.57 Å². The van der Waals surface area contributed by atoms with Crippen LogP contribution in [-0.2, 0) is 0 Å². The van der Waals surface area contributed by atoms with Crippen molar-refractivity contribution in [1.82, 2.24) is 0 Å². The van der Waals surface area contributed by atoms with Gasteiger partial charge in [-0.15, -0.1) is 0 Å². The van der Waals surface area contributed by atoms with E-state index in [4.69, 9.17) is 19.4 Å². The summed E-state index contributed by atoms with van der Waals surface area (Å²) in [7, 11) is 4.78. The van der Waals surface area contributed by atoms with Crippen LogP contribution < -0.4 is 14.2 Å². The highest BCUT2D eigenvalue weighted by atomic mass is 16.5. The molecule has 5 nitrogen and oxygen atoms in total. The maximum Gasteiger partial charge on any atom is 0.203 e. The van der Waals surface area contributed by atoms with Crippen LogP contribution >= 0.6 is 0 Å². The SMILES string of the molecule is COc1ccc(C2=CC(=NO)CCC2)c(OC)c1OC. The Labute approximate surface area is 118 Å². The second-order valence-electron chi connectivity index (χ2n) is 4.50. The van der Waals surface area contributed by atoms with Crippen LogP contribution in [0.15, 0.2) is 23.4 Å². The molecule has 0 heterocycles. The van der Waals surface area contributed by atoms with Gasteiger partial charge in [0.2, 0.25) is 5.75 Å². The summed E-state index contributed by atoms with van der Waals surface area (Å²) in [6.07, 6.45) is 4.54. The zero-order chi connectivity index (χ0) is 14.5. The molecule has 1 aromatic carbocycles. The molecule has 1 aromatic rings. The number of allylic oxidation sites excluding steroid dienone is 2. The second kappa shape index (κ2) is 6.32. The quantitative estimate of drug-likeness (QED) is 0.678. The van der Waals surface area contributed by atoms with Crippen molar-refractivity contribution in [3.05, 3.63) is 23.8 Å². The van der Waals surface area contributed by atoms with Crippen molar-refractivity contribution in [1.29, 1.82) is 0 Å². The summed E-state index contributed by atoms with van der Waals surface area (Å²) in [6, 6.07) is 3.79. The van der Waals surface area contributed by atoms with Gasteiger partial charge < -0.3 is 19.4 Å². The van der Waals surface area contributed by atoms with Crippen molar-refractivity contribution in [2.75, 3.05) is 21.3 Å². The van der Waals surface area contributed by atoms with E-state index in [-0.39, 0.29) is 0 Å². The van der Waals surface area contributed by atoms with E-state index in [1.807, 2.05) is 18.2 Å². The third-order valence-electron chi connectivity index (χ3n) is 3.40. The summed E-state index contributed by atoms with van der Waals surface area (Å²) in [4.78, 5) is 0. The number of methoxy groups -OCH3 is 3. The predicted molar refractivity (Wildman–Crippen MR) is 77.1 cm³/mol. The lowest BCUT2D eigenvalue weighted by Gasteiger charge is -2.19. The van der Waals surface area contributed by atoms with Gasteiger partial charge in [-0.25, -0.2) is 0 Å². The first-order valence-corrected chi connectivity index (χ1v) is 6.46. The van der Waals surface area contributed by atoms with E-state index < -0.39 is 0 Å². The van der Waals surface area contributed by atoms with Gasteiger partial charge in [-0.2, -0.15) is 0 Å². The Kier molecular flexibility index (Phi) is 4.50. The van der Waals surface area contributed by atoms with E-state index in [1.54, 1.807) is 21.3 Å². The van der Waals surface area contributed by atoms with Crippen LogP contribution in [0, 0.1) is 0 Å². The van der Waals surface area contributed by atoms with Gasteiger partial charge in [-0.1, -0.05) is 5.16 Å². The van der Waals surface area contributed by atoms with Crippen LogP contribution in [0.2, 0.25) is 0 Å². The predicted octanol–water partition coefficient (Wildman–Crippen LogP) is 3.11. The highest BCUT2D eigenvalue weighted by Crippen LogP contribution is 2.43. The smallest absolute Gasteiger partial charge is 0.203 e. The number of benzene rings is 1. The monoisotopic (exact) mass is 277 g/mol. The number of hydrogen-bond acceptors (Lipinski definition) is 5. The molecule has 0 aliphatic heterocycles. The molecule has 2 rings (SSSR count). The van der Waals surface area contributed by atoms with Gasteiger partial charge in [0, 0.05) is 5.56 Å². The molecule has 0 amide bonds. The molecule has 0 atom stereocenters. The Balaban J connectivity index is 2.54. The summed E-state index contributed by atoms with van der Waals surface area (Å²) in [5.74, 6) is 1.83. The molecule has 0 aromatic heterocycles. The zero-order valence-electron chi connectivity index (χ0n) is 12.0. The van der Waals surface area contributed by atoms with Crippen molar-refractivity contribution in [2.45, 2.75) is 19.3 Å². The summed E-state index contributed by atoms with van der Waals surface area (Å²) in [6.45, 7) is 0. The van der Waals surface area contributed by atoms with Gasteiger partial charge in [0.05, 0.1) is 27.0 Å². The van der Waals surface area contributed by atoms with Crippen molar-refractivity contribution in [3.8, 4) is 17.2 Å². The first-order valence-electron chi connectivity index (χ1n) is 6.46. The van der Waals surface area contributed by atoms with Gasteiger partial charge in [0.15, 0.2) is 11.5 Å². The van der Waals surface area contributed by atoms with Crippen molar-refractivity contribution < 1.29 is 19.4 Å². The third-order valence-corrected chi connectivity index (χ3v) is 3.40. The van der Waals surface area contributed by atoms with Crippen LogP contribution in [0.5, 0.6) is 17.2 Å². The molecule has 0 saturated heterocycles. The maximum atomic E-state index is 8.93. The molecule has 1 N–H and O–H groups in total. The molecule has 108 valence electrons. The number of oxime groups is 1. The van der Waals surface area contributed by atoms with E-state index in [1.165, 1.54) is 0 Å². The molecule has 20 heavy (non-hydrogen) atoms. The van der Waals surface area contributed by atoms with Crippen molar-refractivity contribution >= 4 is 11.3 Å². The third kappa shape index (κ3) is 2.57. The van der Waals surface area contributed by atoms with Gasteiger partial charge in [0.25, 0.3) is 0 Å². The fraction of sp³-hybridized carbons (Fsp3) is 0.400. The number of ether oxygens (including phenoxy) is 3. The van der Waals surface area contributed by atoms with E-state index in [0.717, 1.165) is 30.4 Å². The van der Waals surface area contributed by atoms with Crippen LogP contribution in [-0.4, -0.2) is 32.2 Å². The average molecular weight is 277 g/mol. The van der Waals surface area contributed by atoms with Gasteiger partial charge in [-0.3, -0.25) is 0 Å². The largest absolute Gasteiger partial charge is 0.493 e. The molecule has 0 radical (unpaired) electrons. The Morgan fingerprint density at radius 1 is 1.00 bits per heavy atom. The lowest BCUT2D eigenvalue weighted by atomic mass is 9.92. The molecule has 0 bridgehead atoms. The van der Waals surface area contributed by atoms with Crippen LogP contribution in [0.1, 0.15) is 24.8 Å². The zero-order valence-corrected chi connectivity index (χ0v) is 12.0. The molecule has 1 aliphatic rings. The summed E-state index contributed by atoms with van der Waals surface area (Å²) >= 11 is 0. The number of nitrogens with zero attached hydrogens (tertiary/aromatic N) is 1. The van der Waals surface area contributed by atoms with E-state index >= 15 is 0 Å². The Morgan fingerprint density at radius 3 is 2.35 bits per heavy atom. The molecule has 0 unspecified atom stereocenters. The Morgan fingerprint density at radius 2 is 1.75 bits per heavy atom. The topological polar surface area (TPSA) is 60.3 Å². The molecule has 0 saturated carbocycles. The molecular formula is C15H19NO4. The van der Waals surface area contributed by atoms with Gasteiger partial charge in [-0.05, 0) is 43.0 Å². The summed E-state index contributed by atoms with van der Waals surface area (Å²) < 4.78 is 16.1. The Bertz CT molecular complexity index is 549. The normalized spacial score (nSPS) is 16.8. The molecule has 1 aliphatic carbocycles. The summed E-state index contributed by atoms with van der Waals surface area (Å²) in [5, 5.41) is 12.2. The van der Waals surface area contributed by atoms with Gasteiger partial charge >= 0.3 is 0 Å². The molecule has 0 fully saturated rings. The second-order valence-corrected chi connectivity index (χ2v) is 4.50. The number of rotatable bonds is 4. The highest BCUT2D eigenvalue weighted by Gasteiger charge is 2.20. The van der Waals surface area contributed by atoms with Crippen LogP contribution in [0.3, 0.4) is 0 Å². The molecular weight excluding hydrogens is 258 g/mol. The first kappa shape index (κ1) is 14.2. The lowest BCUT2D eigenvalue weighted by molar-refractivity contribution is 0.318. The van der Waals surface area contributed by atoms with E-state index in [0.29, 0.717) is 23.0 Å². The average Bonchev–Trinajstić information content (AvgIpc) is 2.53. The van der Waals surface area contributed by atoms with Crippen molar-refractivity contribution in [3.63, 3.8) is 0 Å². The lowest BCUT2D eigenvalue weighted by Crippen LogP contribution is -2.05. The standard InChI is InChI=1S/C15H19NO4/c1-18-13-8-7-12(14(19-2)15(13)20-3)10-5-4-6-11(9-10)16-17/h7-9,17H,4-6H2,1-3H3. The first-order chi connectivity index (χ1) is 9.74. The minimum Gasteiger partial charge on any atom is -0.493 e. The van der Waals surface area contributed by atoms with E-state index in [2.05, 4.69) is 5.16 Å². The number of hydrogen-bond donors (Lipinski definition) is 1. The van der Waals surface area contributed by atoms with Gasteiger partial charge in [0.1, 0.15) is 0 Å². The molecule has 0 spiro atoms. The van der Waals surface area contributed by atoms with E-state index in [9.17, 15) is 0 Å². The summed E-state index contributed by atoms with van der Waals surface area (Å²) in [5.41, 5.74) is 2.69. The molecule has 5 heteroatoms. The highest BCUT2D eigenvalue weighted by molar-refractivity contribution is 6.02. The Hall–Kier alpha value is -2.17. The fourth-order valence-electron chi connectivity index (χ4n) is 2.45.